The molecule has 0 aliphatic carbocycles. The lowest BCUT2D eigenvalue weighted by atomic mass is 9.95. The Balaban J connectivity index is 2.15. The van der Waals surface area contributed by atoms with Crippen molar-refractivity contribution in [3.05, 3.63) is 57.3 Å². The maximum atomic E-state index is 6.36. The van der Waals surface area contributed by atoms with Crippen molar-refractivity contribution in [3.63, 3.8) is 0 Å². The predicted octanol–water partition coefficient (Wildman–Crippen LogP) is 4.60. The van der Waals surface area contributed by atoms with Crippen LogP contribution < -0.4 is 5.73 Å². The highest BCUT2D eigenvalue weighted by Gasteiger charge is 2.18. The van der Waals surface area contributed by atoms with Gasteiger partial charge >= 0.3 is 0 Å². The van der Waals surface area contributed by atoms with Crippen LogP contribution >= 0.6 is 11.3 Å². The minimum atomic E-state index is 0.0993. The molecule has 1 atom stereocenters. The van der Waals surface area contributed by atoms with Gasteiger partial charge in [-0.25, -0.2) is 0 Å². The maximum Gasteiger partial charge on any atom is 0.0430 e. The van der Waals surface area contributed by atoms with Crippen molar-refractivity contribution < 1.29 is 0 Å². The van der Waals surface area contributed by atoms with E-state index in [4.69, 9.17) is 5.73 Å². The highest BCUT2D eigenvalue weighted by Crippen LogP contribution is 2.32. The van der Waals surface area contributed by atoms with E-state index < -0.39 is 0 Å². The summed E-state index contributed by atoms with van der Waals surface area (Å²) in [6.45, 7) is 8.89. The number of nitrogens with two attached hydrogens (primary N) is 1. The van der Waals surface area contributed by atoms with E-state index in [2.05, 4.69) is 64.1 Å². The fourth-order valence-electron chi connectivity index (χ4n) is 2.13. The number of thiophene rings is 1. The van der Waals surface area contributed by atoms with E-state index in [-0.39, 0.29) is 11.5 Å². The highest BCUT2D eigenvalue weighted by molar-refractivity contribution is 7.12. The van der Waals surface area contributed by atoms with Crippen LogP contribution in [-0.4, -0.2) is 0 Å². The summed E-state index contributed by atoms with van der Waals surface area (Å²) in [7, 11) is 0. The summed E-state index contributed by atoms with van der Waals surface area (Å²) in [6.07, 6.45) is 0.913. The predicted molar refractivity (Wildman–Crippen MR) is 84.8 cm³/mol. The van der Waals surface area contributed by atoms with Crippen molar-refractivity contribution in [3.8, 4) is 0 Å². The van der Waals surface area contributed by atoms with Gasteiger partial charge < -0.3 is 5.73 Å². The smallest absolute Gasteiger partial charge is 0.0430 e. The third-order valence-corrected chi connectivity index (χ3v) is 5.08. The Morgan fingerprint density at radius 3 is 2.37 bits per heavy atom. The second-order valence-corrected chi connectivity index (χ2v) is 7.30. The first-order chi connectivity index (χ1) is 8.88. The molecule has 1 aromatic carbocycles. The Bertz CT molecular complexity index is 548. The molecule has 102 valence electrons. The zero-order valence-corrected chi connectivity index (χ0v) is 13.1. The van der Waals surface area contributed by atoms with Gasteiger partial charge in [0.25, 0.3) is 0 Å². The zero-order valence-electron chi connectivity index (χ0n) is 12.2. The molecule has 1 heterocycles. The molecular formula is C17H23NS. The van der Waals surface area contributed by atoms with Crippen molar-refractivity contribution in [1.82, 2.24) is 0 Å². The summed E-state index contributed by atoms with van der Waals surface area (Å²) in [5.41, 5.74) is 9.25. The summed E-state index contributed by atoms with van der Waals surface area (Å²) in [5.74, 6) is 0. The molecule has 19 heavy (non-hydrogen) atoms. The first kappa shape index (κ1) is 14.3. The summed E-state index contributed by atoms with van der Waals surface area (Å²) in [5, 5.41) is 0. The Hall–Kier alpha value is -1.12. The van der Waals surface area contributed by atoms with Crippen LogP contribution in [0.2, 0.25) is 0 Å². The molecule has 0 fully saturated rings. The van der Waals surface area contributed by atoms with E-state index in [0.717, 1.165) is 6.42 Å². The van der Waals surface area contributed by atoms with Crippen molar-refractivity contribution in [2.75, 3.05) is 0 Å². The summed E-state index contributed by atoms with van der Waals surface area (Å²) in [4.78, 5) is 2.69. The lowest BCUT2D eigenvalue weighted by Crippen LogP contribution is -2.12. The molecule has 0 aliphatic heterocycles. The fourth-order valence-corrected chi connectivity index (χ4v) is 3.20. The number of benzene rings is 1. The molecule has 1 aromatic heterocycles. The van der Waals surface area contributed by atoms with E-state index >= 15 is 0 Å². The van der Waals surface area contributed by atoms with Crippen molar-refractivity contribution in [1.29, 1.82) is 0 Å². The normalized spacial score (nSPS) is 13.5. The molecule has 0 bridgehead atoms. The average molecular weight is 273 g/mol. The molecule has 1 unspecified atom stereocenters. The Labute approximate surface area is 120 Å². The van der Waals surface area contributed by atoms with Crippen LogP contribution in [0.5, 0.6) is 0 Å². The summed E-state index contributed by atoms with van der Waals surface area (Å²) >= 11 is 1.85. The molecule has 2 N–H and O–H groups in total. The standard InChI is InChI=1S/C17H23NS/c1-12-7-5-6-8-13(12)11-14(18)15-9-10-16(19-15)17(2,3)4/h5-10,14H,11,18H2,1-4H3. The second kappa shape index (κ2) is 5.48. The molecule has 2 aromatic rings. The zero-order chi connectivity index (χ0) is 14.0. The van der Waals surface area contributed by atoms with Gasteiger partial charge in [-0.15, -0.1) is 11.3 Å². The van der Waals surface area contributed by atoms with E-state index in [1.807, 2.05) is 11.3 Å². The number of hydrogen-bond acceptors (Lipinski definition) is 2. The van der Waals surface area contributed by atoms with Crippen molar-refractivity contribution >= 4 is 11.3 Å². The molecule has 0 saturated heterocycles. The molecule has 1 nitrogen and oxygen atoms in total. The lowest BCUT2D eigenvalue weighted by molar-refractivity contribution is 0.604. The van der Waals surface area contributed by atoms with E-state index in [9.17, 15) is 0 Å². The third kappa shape index (κ3) is 3.46. The molecule has 0 radical (unpaired) electrons. The minimum absolute atomic E-state index is 0.0993. The number of aryl methyl sites for hydroxylation is 1. The molecule has 0 spiro atoms. The van der Waals surface area contributed by atoms with Crippen molar-refractivity contribution in [2.45, 2.75) is 45.6 Å². The minimum Gasteiger partial charge on any atom is -0.323 e. The van der Waals surface area contributed by atoms with Crippen LogP contribution in [0.25, 0.3) is 0 Å². The van der Waals surface area contributed by atoms with E-state index in [0.29, 0.717) is 0 Å². The Morgan fingerprint density at radius 1 is 1.11 bits per heavy atom. The third-order valence-electron chi connectivity index (χ3n) is 3.43. The van der Waals surface area contributed by atoms with Crippen molar-refractivity contribution in [2.24, 2.45) is 5.73 Å². The van der Waals surface area contributed by atoms with Crippen LogP contribution in [0.4, 0.5) is 0 Å². The topological polar surface area (TPSA) is 26.0 Å². The van der Waals surface area contributed by atoms with Gasteiger partial charge in [-0.2, -0.15) is 0 Å². The average Bonchev–Trinajstić information content (AvgIpc) is 2.81. The van der Waals surface area contributed by atoms with Crippen LogP contribution in [0.15, 0.2) is 36.4 Å². The Kier molecular flexibility index (Phi) is 4.12. The van der Waals surface area contributed by atoms with Gasteiger partial charge in [0, 0.05) is 15.8 Å². The molecule has 2 heteroatoms. The first-order valence-electron chi connectivity index (χ1n) is 6.78. The van der Waals surface area contributed by atoms with Crippen LogP contribution in [0.1, 0.15) is 47.7 Å². The van der Waals surface area contributed by atoms with Gasteiger partial charge in [-0.05, 0) is 42.0 Å². The van der Waals surface area contributed by atoms with Gasteiger partial charge in [0.15, 0.2) is 0 Å². The second-order valence-electron chi connectivity index (χ2n) is 6.19. The summed E-state index contributed by atoms with van der Waals surface area (Å²) in [6, 6.07) is 13.0. The first-order valence-corrected chi connectivity index (χ1v) is 7.60. The van der Waals surface area contributed by atoms with Gasteiger partial charge in [0.1, 0.15) is 0 Å². The number of hydrogen-bond donors (Lipinski definition) is 1. The molecular weight excluding hydrogens is 250 g/mol. The molecule has 0 amide bonds. The summed E-state index contributed by atoms with van der Waals surface area (Å²) < 4.78 is 0. The van der Waals surface area contributed by atoms with Gasteiger partial charge in [-0.3, -0.25) is 0 Å². The van der Waals surface area contributed by atoms with Gasteiger partial charge in [0.05, 0.1) is 0 Å². The van der Waals surface area contributed by atoms with Crippen LogP contribution in [-0.2, 0) is 11.8 Å². The highest BCUT2D eigenvalue weighted by atomic mass is 32.1. The quantitative estimate of drug-likeness (QED) is 0.869. The fraction of sp³-hybridized carbons (Fsp3) is 0.412. The lowest BCUT2D eigenvalue weighted by Gasteiger charge is -2.16. The Morgan fingerprint density at radius 2 is 1.79 bits per heavy atom. The van der Waals surface area contributed by atoms with Crippen LogP contribution in [0, 0.1) is 6.92 Å². The SMILES string of the molecule is Cc1ccccc1CC(N)c1ccc(C(C)(C)C)s1. The number of rotatable bonds is 3. The van der Waals surface area contributed by atoms with Crippen LogP contribution in [0.3, 0.4) is 0 Å². The van der Waals surface area contributed by atoms with E-state index in [1.54, 1.807) is 0 Å². The monoisotopic (exact) mass is 273 g/mol. The molecule has 2 rings (SSSR count). The molecule has 0 saturated carbocycles. The largest absolute Gasteiger partial charge is 0.323 e. The van der Waals surface area contributed by atoms with Gasteiger partial charge in [0.2, 0.25) is 0 Å². The van der Waals surface area contributed by atoms with Gasteiger partial charge in [-0.1, -0.05) is 45.0 Å². The molecule has 0 aliphatic rings. The van der Waals surface area contributed by atoms with E-state index in [1.165, 1.54) is 20.9 Å². The maximum absolute atomic E-state index is 6.36.